The zero-order chi connectivity index (χ0) is 15.2. The normalized spacial score (nSPS) is 10.5. The van der Waals surface area contributed by atoms with Gasteiger partial charge in [-0.15, -0.1) is 0 Å². The Kier molecular flexibility index (Phi) is 5.03. The zero-order valence-corrected chi connectivity index (χ0v) is 12.1. The van der Waals surface area contributed by atoms with Gasteiger partial charge in [-0.2, -0.15) is 4.98 Å². The van der Waals surface area contributed by atoms with E-state index in [2.05, 4.69) is 27.5 Å². The molecule has 0 bridgehead atoms. The van der Waals surface area contributed by atoms with Crippen molar-refractivity contribution < 1.29 is 8.78 Å². The first-order valence-electron chi connectivity index (χ1n) is 6.85. The van der Waals surface area contributed by atoms with Crippen molar-refractivity contribution in [3.8, 4) is 0 Å². The summed E-state index contributed by atoms with van der Waals surface area (Å²) in [5, 5.41) is 6.15. The fraction of sp³-hybridized carbons (Fsp3) is 0.333. The van der Waals surface area contributed by atoms with Gasteiger partial charge in [-0.05, 0) is 19.4 Å². The minimum absolute atomic E-state index is 0.233. The van der Waals surface area contributed by atoms with E-state index in [0.29, 0.717) is 17.3 Å². The van der Waals surface area contributed by atoms with Crippen molar-refractivity contribution in [1.82, 2.24) is 9.97 Å². The molecular weight excluding hydrogens is 274 g/mol. The molecule has 0 amide bonds. The summed E-state index contributed by atoms with van der Waals surface area (Å²) in [5.74, 6) is 0.0101. The van der Waals surface area contributed by atoms with Crippen molar-refractivity contribution in [1.29, 1.82) is 0 Å². The van der Waals surface area contributed by atoms with Gasteiger partial charge in [0.1, 0.15) is 17.5 Å². The second kappa shape index (κ2) is 6.97. The predicted octanol–water partition coefficient (Wildman–Crippen LogP) is 3.50. The van der Waals surface area contributed by atoms with Crippen molar-refractivity contribution in [2.45, 2.75) is 26.8 Å². The number of benzene rings is 1. The lowest BCUT2D eigenvalue weighted by Crippen LogP contribution is -2.09. The fourth-order valence-electron chi connectivity index (χ4n) is 1.79. The molecule has 0 atom stereocenters. The van der Waals surface area contributed by atoms with E-state index in [1.54, 1.807) is 6.20 Å². The van der Waals surface area contributed by atoms with E-state index in [0.717, 1.165) is 24.6 Å². The van der Waals surface area contributed by atoms with Gasteiger partial charge in [-0.1, -0.05) is 13.0 Å². The molecule has 0 aliphatic carbocycles. The second-order valence-electron chi connectivity index (χ2n) is 4.74. The Hall–Kier alpha value is -2.24. The van der Waals surface area contributed by atoms with Crippen LogP contribution in [-0.4, -0.2) is 16.5 Å². The second-order valence-corrected chi connectivity index (χ2v) is 4.74. The molecule has 0 aliphatic rings. The maximum Gasteiger partial charge on any atom is 0.224 e. The molecule has 0 saturated heterocycles. The van der Waals surface area contributed by atoms with E-state index in [-0.39, 0.29) is 6.54 Å². The third-order valence-corrected chi connectivity index (χ3v) is 2.97. The Bertz CT molecular complexity index is 617. The molecular formula is C15H18F2N4. The van der Waals surface area contributed by atoms with Gasteiger partial charge < -0.3 is 10.6 Å². The number of aryl methyl sites for hydroxylation is 1. The first-order valence-corrected chi connectivity index (χ1v) is 6.85. The molecule has 0 saturated carbocycles. The highest BCUT2D eigenvalue weighted by molar-refractivity contribution is 5.46. The quantitative estimate of drug-likeness (QED) is 0.855. The molecule has 0 fully saturated rings. The Labute approximate surface area is 122 Å². The molecule has 0 unspecified atom stereocenters. The van der Waals surface area contributed by atoms with Gasteiger partial charge in [-0.3, -0.25) is 0 Å². The lowest BCUT2D eigenvalue weighted by atomic mass is 10.2. The SMILES string of the molecule is CCCNc1ncc(C)c(NCc2ccc(F)cc2F)n1. The lowest BCUT2D eigenvalue weighted by Gasteiger charge is -2.11. The third kappa shape index (κ3) is 4.11. The van der Waals surface area contributed by atoms with E-state index in [1.165, 1.54) is 12.1 Å². The minimum atomic E-state index is -0.583. The topological polar surface area (TPSA) is 49.8 Å². The number of halogens is 2. The van der Waals surface area contributed by atoms with Crippen LogP contribution in [0.3, 0.4) is 0 Å². The van der Waals surface area contributed by atoms with Gasteiger partial charge in [0.2, 0.25) is 5.95 Å². The Balaban J connectivity index is 2.08. The molecule has 112 valence electrons. The monoisotopic (exact) mass is 292 g/mol. The van der Waals surface area contributed by atoms with Crippen LogP contribution in [0.25, 0.3) is 0 Å². The van der Waals surface area contributed by atoms with Crippen LogP contribution >= 0.6 is 0 Å². The molecule has 1 aromatic carbocycles. The fourth-order valence-corrected chi connectivity index (χ4v) is 1.79. The van der Waals surface area contributed by atoms with Gasteiger partial charge in [0.05, 0.1) is 0 Å². The summed E-state index contributed by atoms with van der Waals surface area (Å²) < 4.78 is 26.4. The van der Waals surface area contributed by atoms with Crippen LogP contribution in [0.4, 0.5) is 20.5 Å². The van der Waals surface area contributed by atoms with Crippen LogP contribution in [0, 0.1) is 18.6 Å². The number of nitrogens with one attached hydrogen (secondary N) is 2. The summed E-state index contributed by atoms with van der Waals surface area (Å²) in [4.78, 5) is 8.52. The third-order valence-electron chi connectivity index (χ3n) is 2.97. The summed E-state index contributed by atoms with van der Waals surface area (Å²) in [6, 6.07) is 3.53. The summed E-state index contributed by atoms with van der Waals surface area (Å²) in [7, 11) is 0. The number of rotatable bonds is 6. The lowest BCUT2D eigenvalue weighted by molar-refractivity contribution is 0.574. The summed E-state index contributed by atoms with van der Waals surface area (Å²) in [6.45, 7) is 4.94. The molecule has 0 spiro atoms. The predicted molar refractivity (Wildman–Crippen MR) is 79.2 cm³/mol. The standard InChI is InChI=1S/C15H18F2N4/c1-3-6-18-15-20-8-10(2)14(21-15)19-9-11-4-5-12(16)7-13(11)17/h4-5,7-8H,3,6,9H2,1-2H3,(H2,18,19,20,21). The molecule has 0 radical (unpaired) electrons. The highest BCUT2D eigenvalue weighted by atomic mass is 19.1. The summed E-state index contributed by atoms with van der Waals surface area (Å²) in [5.41, 5.74) is 1.25. The smallest absolute Gasteiger partial charge is 0.224 e. The van der Waals surface area contributed by atoms with Crippen molar-refractivity contribution in [2.75, 3.05) is 17.2 Å². The molecule has 4 nitrogen and oxygen atoms in total. The van der Waals surface area contributed by atoms with Crippen molar-refractivity contribution >= 4 is 11.8 Å². The van der Waals surface area contributed by atoms with Crippen molar-refractivity contribution in [2.24, 2.45) is 0 Å². The average molecular weight is 292 g/mol. The van der Waals surface area contributed by atoms with Crippen molar-refractivity contribution in [3.63, 3.8) is 0 Å². The highest BCUT2D eigenvalue weighted by Gasteiger charge is 2.07. The number of hydrogen-bond acceptors (Lipinski definition) is 4. The maximum absolute atomic E-state index is 13.6. The van der Waals surface area contributed by atoms with Gasteiger partial charge in [0, 0.05) is 36.5 Å². The summed E-state index contributed by atoms with van der Waals surface area (Å²) in [6.07, 6.45) is 2.68. The molecule has 1 heterocycles. The Morgan fingerprint density at radius 2 is 2.00 bits per heavy atom. The van der Waals surface area contributed by atoms with Crippen LogP contribution < -0.4 is 10.6 Å². The summed E-state index contributed by atoms with van der Waals surface area (Å²) >= 11 is 0. The highest BCUT2D eigenvalue weighted by Crippen LogP contribution is 2.16. The maximum atomic E-state index is 13.6. The van der Waals surface area contributed by atoms with Gasteiger partial charge in [0.25, 0.3) is 0 Å². The molecule has 21 heavy (non-hydrogen) atoms. The van der Waals surface area contributed by atoms with E-state index >= 15 is 0 Å². The molecule has 2 rings (SSSR count). The average Bonchev–Trinajstić information content (AvgIpc) is 2.46. The Morgan fingerprint density at radius 1 is 1.19 bits per heavy atom. The first-order chi connectivity index (χ1) is 10.1. The van der Waals surface area contributed by atoms with Gasteiger partial charge in [-0.25, -0.2) is 13.8 Å². The number of anilines is 2. The zero-order valence-electron chi connectivity index (χ0n) is 12.1. The largest absolute Gasteiger partial charge is 0.365 e. The van der Waals surface area contributed by atoms with E-state index in [9.17, 15) is 8.78 Å². The van der Waals surface area contributed by atoms with Crippen LogP contribution in [0.2, 0.25) is 0 Å². The van der Waals surface area contributed by atoms with E-state index < -0.39 is 11.6 Å². The van der Waals surface area contributed by atoms with Crippen LogP contribution in [-0.2, 0) is 6.54 Å². The number of aromatic nitrogens is 2. The van der Waals surface area contributed by atoms with E-state index in [1.807, 2.05) is 6.92 Å². The van der Waals surface area contributed by atoms with Crippen LogP contribution in [0.1, 0.15) is 24.5 Å². The Morgan fingerprint density at radius 3 is 2.71 bits per heavy atom. The van der Waals surface area contributed by atoms with Gasteiger partial charge in [0.15, 0.2) is 0 Å². The van der Waals surface area contributed by atoms with Crippen molar-refractivity contribution in [3.05, 3.63) is 47.2 Å². The van der Waals surface area contributed by atoms with Crippen LogP contribution in [0.5, 0.6) is 0 Å². The molecule has 1 aromatic heterocycles. The number of hydrogen-bond donors (Lipinski definition) is 2. The van der Waals surface area contributed by atoms with Crippen LogP contribution in [0.15, 0.2) is 24.4 Å². The molecule has 6 heteroatoms. The first kappa shape index (κ1) is 15.2. The van der Waals surface area contributed by atoms with E-state index in [4.69, 9.17) is 0 Å². The molecule has 0 aliphatic heterocycles. The van der Waals surface area contributed by atoms with Gasteiger partial charge >= 0.3 is 0 Å². The minimum Gasteiger partial charge on any atom is -0.365 e. The molecule has 2 aromatic rings. The number of nitrogens with zero attached hydrogens (tertiary/aromatic N) is 2. The molecule has 2 N–H and O–H groups in total.